The Hall–Kier alpha value is -1.95. The van der Waals surface area contributed by atoms with Crippen molar-refractivity contribution in [3.8, 4) is 0 Å². The van der Waals surface area contributed by atoms with Gasteiger partial charge < -0.3 is 15.1 Å². The molecule has 6 heteroatoms. The quantitative estimate of drug-likeness (QED) is 0.830. The second kappa shape index (κ2) is 5.79. The van der Waals surface area contributed by atoms with Crippen LogP contribution in [0.3, 0.4) is 0 Å². The predicted octanol–water partition coefficient (Wildman–Crippen LogP) is 1.01. The summed E-state index contributed by atoms with van der Waals surface area (Å²) >= 11 is 0. The van der Waals surface area contributed by atoms with E-state index in [1.165, 1.54) is 23.2 Å². The zero-order valence-corrected chi connectivity index (χ0v) is 11.3. The number of carboxylic acids is 1. The number of likely N-dealkylation sites (N-methyl/N-ethyl adjacent to an activating group) is 1. The normalized spacial score (nSPS) is 11.2. The van der Waals surface area contributed by atoms with Crippen molar-refractivity contribution in [2.75, 3.05) is 13.1 Å². The van der Waals surface area contributed by atoms with Crippen LogP contribution in [-0.2, 0) is 0 Å². The Morgan fingerprint density at radius 3 is 2.37 bits per heavy atom. The van der Waals surface area contributed by atoms with Crippen LogP contribution in [0.4, 0.5) is 0 Å². The molecule has 0 atom stereocenters. The molecular formula is C13H18N2O4. The van der Waals surface area contributed by atoms with Gasteiger partial charge in [0.15, 0.2) is 0 Å². The molecule has 1 aromatic rings. The van der Waals surface area contributed by atoms with E-state index in [1.807, 2.05) is 6.92 Å². The molecule has 0 bridgehead atoms. The molecule has 0 aromatic carbocycles. The Labute approximate surface area is 111 Å². The Kier molecular flexibility index (Phi) is 4.61. The number of nitrogens with zero attached hydrogens (tertiary/aromatic N) is 2. The van der Waals surface area contributed by atoms with Gasteiger partial charge >= 0.3 is 5.97 Å². The number of hydrogen-bond acceptors (Lipinski definition) is 4. The Morgan fingerprint density at radius 1 is 1.37 bits per heavy atom. The summed E-state index contributed by atoms with van der Waals surface area (Å²) in [5, 5.41) is 18.5. The number of aromatic carboxylic acids is 1. The van der Waals surface area contributed by atoms with Crippen molar-refractivity contribution in [2.24, 2.45) is 0 Å². The lowest BCUT2D eigenvalue weighted by Crippen LogP contribution is -2.42. The topological polar surface area (TPSA) is 90.7 Å². The molecule has 0 aliphatic rings. The highest BCUT2D eigenvalue weighted by molar-refractivity contribution is 5.94. The van der Waals surface area contributed by atoms with Crippen molar-refractivity contribution in [3.05, 3.63) is 29.6 Å². The number of carbonyl (C=O) groups is 2. The minimum Gasteiger partial charge on any atom is -0.477 e. The molecule has 0 saturated carbocycles. The molecule has 0 radical (unpaired) electrons. The molecule has 1 heterocycles. The lowest BCUT2D eigenvalue weighted by atomic mass is 10.1. The van der Waals surface area contributed by atoms with Gasteiger partial charge in [-0.1, -0.05) is 0 Å². The molecule has 0 fully saturated rings. The molecule has 0 unspecified atom stereocenters. The van der Waals surface area contributed by atoms with E-state index in [-0.39, 0.29) is 18.1 Å². The van der Waals surface area contributed by atoms with Gasteiger partial charge in [0.1, 0.15) is 5.69 Å². The SMILES string of the molecule is CCN(CC(C)(C)O)C(=O)c1ccc(C(=O)O)nc1. The molecule has 1 amide bonds. The van der Waals surface area contributed by atoms with E-state index in [2.05, 4.69) is 4.98 Å². The summed E-state index contributed by atoms with van der Waals surface area (Å²) in [7, 11) is 0. The van der Waals surface area contributed by atoms with Crippen LogP contribution in [0.2, 0.25) is 0 Å². The van der Waals surface area contributed by atoms with Gasteiger partial charge in [-0.05, 0) is 32.9 Å². The number of carboxylic acid groups (broad SMARTS) is 1. The van der Waals surface area contributed by atoms with Crippen molar-refractivity contribution in [3.63, 3.8) is 0 Å². The molecule has 2 N–H and O–H groups in total. The van der Waals surface area contributed by atoms with Gasteiger partial charge in [0.05, 0.1) is 11.2 Å². The molecule has 0 spiro atoms. The maximum atomic E-state index is 12.2. The van der Waals surface area contributed by atoms with Crippen molar-refractivity contribution in [1.82, 2.24) is 9.88 Å². The Bertz CT molecular complexity index is 463. The van der Waals surface area contributed by atoms with Crippen LogP contribution in [-0.4, -0.2) is 50.7 Å². The maximum Gasteiger partial charge on any atom is 0.354 e. The summed E-state index contributed by atoms with van der Waals surface area (Å²) in [6.07, 6.45) is 1.23. The summed E-state index contributed by atoms with van der Waals surface area (Å²) in [4.78, 5) is 28.0. The first-order chi connectivity index (χ1) is 8.74. The van der Waals surface area contributed by atoms with E-state index in [0.717, 1.165) is 0 Å². The Morgan fingerprint density at radius 2 is 2.00 bits per heavy atom. The van der Waals surface area contributed by atoms with Crippen LogP contribution >= 0.6 is 0 Å². The number of hydrogen-bond donors (Lipinski definition) is 2. The number of rotatable bonds is 5. The first kappa shape index (κ1) is 15.1. The number of pyridine rings is 1. The zero-order chi connectivity index (χ0) is 14.6. The molecule has 0 aliphatic carbocycles. The first-order valence-electron chi connectivity index (χ1n) is 5.95. The molecule has 0 aliphatic heterocycles. The fraction of sp³-hybridized carbons (Fsp3) is 0.462. The molecule has 1 aromatic heterocycles. The highest BCUT2D eigenvalue weighted by Crippen LogP contribution is 2.10. The van der Waals surface area contributed by atoms with E-state index in [4.69, 9.17) is 5.11 Å². The van der Waals surface area contributed by atoms with Gasteiger partial charge in [0.2, 0.25) is 0 Å². The molecular weight excluding hydrogens is 248 g/mol. The second-order valence-corrected chi connectivity index (χ2v) is 4.87. The van der Waals surface area contributed by atoms with Crippen LogP contribution in [0.25, 0.3) is 0 Å². The van der Waals surface area contributed by atoms with E-state index < -0.39 is 11.6 Å². The summed E-state index contributed by atoms with van der Waals surface area (Å²) in [5.41, 5.74) is -0.793. The fourth-order valence-electron chi connectivity index (χ4n) is 1.62. The van der Waals surface area contributed by atoms with Crippen molar-refractivity contribution in [2.45, 2.75) is 26.4 Å². The van der Waals surface area contributed by atoms with Crippen LogP contribution in [0.1, 0.15) is 41.6 Å². The molecule has 1 rings (SSSR count). The van der Waals surface area contributed by atoms with E-state index >= 15 is 0 Å². The highest BCUT2D eigenvalue weighted by atomic mass is 16.4. The van der Waals surface area contributed by atoms with Gasteiger partial charge in [-0.3, -0.25) is 4.79 Å². The van der Waals surface area contributed by atoms with Crippen LogP contribution < -0.4 is 0 Å². The second-order valence-electron chi connectivity index (χ2n) is 4.87. The minimum atomic E-state index is -1.14. The predicted molar refractivity (Wildman–Crippen MR) is 69.1 cm³/mol. The number of carbonyl (C=O) groups excluding carboxylic acids is 1. The number of aliphatic hydroxyl groups is 1. The molecule has 19 heavy (non-hydrogen) atoms. The van der Waals surface area contributed by atoms with E-state index in [9.17, 15) is 14.7 Å². The molecule has 104 valence electrons. The summed E-state index contributed by atoms with van der Waals surface area (Å²) < 4.78 is 0. The summed E-state index contributed by atoms with van der Waals surface area (Å²) in [6, 6.07) is 2.71. The molecule has 6 nitrogen and oxygen atoms in total. The smallest absolute Gasteiger partial charge is 0.354 e. The maximum absolute atomic E-state index is 12.2. The number of aromatic nitrogens is 1. The lowest BCUT2D eigenvalue weighted by Gasteiger charge is -2.28. The summed E-state index contributed by atoms with van der Waals surface area (Å²) in [6.45, 7) is 5.69. The summed E-state index contributed by atoms with van der Waals surface area (Å²) in [5.74, 6) is -1.42. The average molecular weight is 266 g/mol. The van der Waals surface area contributed by atoms with Crippen LogP contribution in [0.5, 0.6) is 0 Å². The average Bonchev–Trinajstić information content (AvgIpc) is 2.34. The van der Waals surface area contributed by atoms with Crippen LogP contribution in [0, 0.1) is 0 Å². The minimum absolute atomic E-state index is 0.109. The van der Waals surface area contributed by atoms with Crippen molar-refractivity contribution < 1.29 is 19.8 Å². The van der Waals surface area contributed by atoms with Crippen molar-refractivity contribution in [1.29, 1.82) is 0 Å². The zero-order valence-electron chi connectivity index (χ0n) is 11.3. The van der Waals surface area contributed by atoms with Gasteiger partial charge in [-0.15, -0.1) is 0 Å². The lowest BCUT2D eigenvalue weighted by molar-refractivity contribution is 0.0314. The van der Waals surface area contributed by atoms with Gasteiger partial charge in [0.25, 0.3) is 5.91 Å². The highest BCUT2D eigenvalue weighted by Gasteiger charge is 2.22. The number of amides is 1. The third kappa shape index (κ3) is 4.33. The van der Waals surface area contributed by atoms with E-state index in [1.54, 1.807) is 13.8 Å². The van der Waals surface area contributed by atoms with Gasteiger partial charge in [-0.2, -0.15) is 0 Å². The largest absolute Gasteiger partial charge is 0.477 e. The third-order valence-electron chi connectivity index (χ3n) is 2.48. The van der Waals surface area contributed by atoms with Crippen LogP contribution in [0.15, 0.2) is 18.3 Å². The van der Waals surface area contributed by atoms with Crippen molar-refractivity contribution >= 4 is 11.9 Å². The standard InChI is InChI=1S/C13H18N2O4/c1-4-15(8-13(2,3)19)11(16)9-5-6-10(12(17)18)14-7-9/h5-7,19H,4,8H2,1-3H3,(H,17,18). The fourth-order valence-corrected chi connectivity index (χ4v) is 1.62. The first-order valence-corrected chi connectivity index (χ1v) is 5.95. The van der Waals surface area contributed by atoms with Gasteiger partial charge in [-0.25, -0.2) is 9.78 Å². The molecule has 0 saturated heterocycles. The monoisotopic (exact) mass is 266 g/mol. The van der Waals surface area contributed by atoms with Gasteiger partial charge in [0, 0.05) is 19.3 Å². The Balaban J connectivity index is 2.88. The third-order valence-corrected chi connectivity index (χ3v) is 2.48. The van der Waals surface area contributed by atoms with E-state index in [0.29, 0.717) is 12.1 Å².